The third kappa shape index (κ3) is 3.52. The lowest BCUT2D eigenvalue weighted by Gasteiger charge is -2.06. The van der Waals surface area contributed by atoms with Gasteiger partial charge >= 0.3 is 5.97 Å². The van der Waals surface area contributed by atoms with Crippen LogP contribution in [0.2, 0.25) is 0 Å². The zero-order valence-corrected chi connectivity index (χ0v) is 16.1. The molecule has 0 radical (unpaired) electrons. The zero-order valence-electron chi connectivity index (χ0n) is 16.1. The van der Waals surface area contributed by atoms with Crippen LogP contribution in [-0.2, 0) is 17.8 Å². The minimum atomic E-state index is -1.02. The van der Waals surface area contributed by atoms with E-state index in [1.807, 2.05) is 18.2 Å². The maximum Gasteiger partial charge on any atom is 0.303 e. The Bertz CT molecular complexity index is 1320. The first-order chi connectivity index (χ1) is 14.5. The molecule has 0 bridgehead atoms. The van der Waals surface area contributed by atoms with Crippen molar-refractivity contribution < 1.29 is 19.4 Å². The summed E-state index contributed by atoms with van der Waals surface area (Å²) >= 11 is 0. The van der Waals surface area contributed by atoms with E-state index >= 15 is 0 Å². The average Bonchev–Trinajstić information content (AvgIpc) is 3.04. The number of fused-ring (bicyclic) bond motifs is 3. The predicted octanol–water partition coefficient (Wildman–Crippen LogP) is 1.95. The fourth-order valence-corrected chi connectivity index (χ4v) is 3.28. The highest BCUT2D eigenvalue weighted by molar-refractivity contribution is 5.97. The largest absolute Gasteiger partial charge is 0.497 e. The number of aryl methyl sites for hydroxylation is 1. The number of ketones is 1. The van der Waals surface area contributed by atoms with Crippen molar-refractivity contribution in [1.29, 1.82) is 0 Å². The first kappa shape index (κ1) is 19.3. The summed E-state index contributed by atoms with van der Waals surface area (Å²) in [5.41, 5.74) is 1.32. The highest BCUT2D eigenvalue weighted by Crippen LogP contribution is 2.20. The number of carbonyl (C=O) groups is 2. The van der Waals surface area contributed by atoms with Gasteiger partial charge in [0.15, 0.2) is 5.78 Å². The van der Waals surface area contributed by atoms with Gasteiger partial charge in [-0.2, -0.15) is 14.6 Å². The molecule has 9 heteroatoms. The number of aromatic nitrogens is 4. The summed E-state index contributed by atoms with van der Waals surface area (Å²) in [6.45, 7) is -0.0358. The van der Waals surface area contributed by atoms with Gasteiger partial charge in [0.2, 0.25) is 5.78 Å². The lowest BCUT2D eigenvalue weighted by atomic mass is 10.1. The van der Waals surface area contributed by atoms with Crippen molar-refractivity contribution in [1.82, 2.24) is 19.2 Å². The Balaban J connectivity index is 1.79. The summed E-state index contributed by atoms with van der Waals surface area (Å²) in [7, 11) is 1.55. The fraction of sp³-hybridized carbons (Fsp3) is 0.190. The minimum Gasteiger partial charge on any atom is -0.497 e. The van der Waals surface area contributed by atoms with Crippen LogP contribution in [-0.4, -0.2) is 43.1 Å². The average molecular weight is 406 g/mol. The predicted molar refractivity (Wildman–Crippen MR) is 108 cm³/mol. The number of para-hydroxylation sites is 2. The second-order valence-electron chi connectivity index (χ2n) is 6.70. The van der Waals surface area contributed by atoms with Crippen molar-refractivity contribution in [2.75, 3.05) is 7.11 Å². The third-order valence-corrected chi connectivity index (χ3v) is 4.79. The van der Waals surface area contributed by atoms with Gasteiger partial charge in [-0.3, -0.25) is 14.4 Å². The van der Waals surface area contributed by atoms with Crippen LogP contribution in [0.3, 0.4) is 0 Å². The Morgan fingerprint density at radius 2 is 1.77 bits per heavy atom. The van der Waals surface area contributed by atoms with Crippen LogP contribution in [0, 0.1) is 0 Å². The summed E-state index contributed by atoms with van der Waals surface area (Å²) in [6.07, 6.45) is -0.237. The molecule has 2 aromatic heterocycles. The monoisotopic (exact) mass is 406 g/mol. The summed E-state index contributed by atoms with van der Waals surface area (Å²) in [5, 5.41) is 13.2. The summed E-state index contributed by atoms with van der Waals surface area (Å²) in [5.74, 6) is -0.309. The molecule has 30 heavy (non-hydrogen) atoms. The Hall–Kier alpha value is -4.01. The number of hydrogen-bond acceptors (Lipinski definition) is 6. The summed E-state index contributed by atoms with van der Waals surface area (Å²) in [4.78, 5) is 40.2. The maximum atomic E-state index is 12.9. The standard InChI is InChI=1S/C21H18N4O5/c1-30-14-8-6-13(7-9-14)18(26)12-24-16-4-2-3-5-17(16)25-21(24)22-20(29)15(23-25)10-11-19(27)28/h2-9H,10-12H2,1H3,(H,27,28). The molecule has 1 N–H and O–H groups in total. The normalized spacial score (nSPS) is 11.1. The molecule has 0 unspecified atom stereocenters. The molecule has 152 valence electrons. The van der Waals surface area contributed by atoms with E-state index < -0.39 is 11.5 Å². The fourth-order valence-electron chi connectivity index (χ4n) is 3.28. The molecule has 2 heterocycles. The van der Waals surface area contributed by atoms with Crippen LogP contribution in [0.1, 0.15) is 22.5 Å². The van der Waals surface area contributed by atoms with Crippen molar-refractivity contribution in [2.45, 2.75) is 19.4 Å². The van der Waals surface area contributed by atoms with Crippen LogP contribution in [0.4, 0.5) is 0 Å². The Morgan fingerprint density at radius 3 is 2.43 bits per heavy atom. The van der Waals surface area contributed by atoms with E-state index in [9.17, 15) is 14.4 Å². The van der Waals surface area contributed by atoms with Crippen molar-refractivity contribution in [3.8, 4) is 5.75 Å². The van der Waals surface area contributed by atoms with E-state index in [0.29, 0.717) is 22.3 Å². The molecule has 4 rings (SSSR count). The van der Waals surface area contributed by atoms with E-state index in [0.717, 1.165) is 0 Å². The van der Waals surface area contributed by atoms with Crippen LogP contribution >= 0.6 is 0 Å². The van der Waals surface area contributed by atoms with Gasteiger partial charge in [0, 0.05) is 12.0 Å². The Kier molecular flexibility index (Phi) is 5.01. The molecule has 9 nitrogen and oxygen atoms in total. The number of hydrogen-bond donors (Lipinski definition) is 1. The highest BCUT2D eigenvalue weighted by Gasteiger charge is 2.18. The summed E-state index contributed by atoms with van der Waals surface area (Å²) < 4.78 is 8.24. The molecule has 0 spiro atoms. The first-order valence-electron chi connectivity index (χ1n) is 9.24. The number of Topliss-reactive ketones (excluding diaryl/α,β-unsaturated/α-hetero) is 1. The molecule has 0 aliphatic carbocycles. The van der Waals surface area contributed by atoms with E-state index in [1.54, 1.807) is 42.0 Å². The van der Waals surface area contributed by atoms with E-state index in [4.69, 9.17) is 9.84 Å². The first-order valence-corrected chi connectivity index (χ1v) is 9.24. The molecule has 0 aliphatic heterocycles. The molecule has 0 atom stereocenters. The van der Waals surface area contributed by atoms with Gasteiger partial charge in [-0.15, -0.1) is 0 Å². The number of ether oxygens (including phenoxy) is 1. The number of rotatable bonds is 7. The smallest absolute Gasteiger partial charge is 0.303 e. The second-order valence-corrected chi connectivity index (χ2v) is 6.70. The third-order valence-electron chi connectivity index (χ3n) is 4.79. The number of carbonyl (C=O) groups excluding carboxylic acids is 1. The Morgan fingerprint density at radius 1 is 1.07 bits per heavy atom. The highest BCUT2D eigenvalue weighted by atomic mass is 16.5. The number of benzene rings is 2. The number of aliphatic carboxylic acids is 1. The van der Waals surface area contributed by atoms with E-state index in [2.05, 4.69) is 10.1 Å². The topological polar surface area (TPSA) is 116 Å². The van der Waals surface area contributed by atoms with Crippen molar-refractivity contribution >= 4 is 28.6 Å². The van der Waals surface area contributed by atoms with E-state index in [1.165, 1.54) is 4.52 Å². The molecular weight excluding hydrogens is 388 g/mol. The molecule has 2 aromatic carbocycles. The van der Waals surface area contributed by atoms with Gasteiger partial charge in [-0.1, -0.05) is 12.1 Å². The maximum absolute atomic E-state index is 12.9. The molecule has 0 saturated carbocycles. The van der Waals surface area contributed by atoms with Crippen LogP contribution in [0.25, 0.3) is 16.8 Å². The number of carboxylic acids is 1. The number of nitrogens with zero attached hydrogens (tertiary/aromatic N) is 4. The van der Waals surface area contributed by atoms with Gasteiger partial charge in [-0.05, 0) is 36.4 Å². The lowest BCUT2D eigenvalue weighted by Crippen LogP contribution is -2.21. The van der Waals surface area contributed by atoms with Crippen molar-refractivity contribution in [2.24, 2.45) is 0 Å². The SMILES string of the molecule is COc1ccc(C(=O)Cn2c3ccccc3n3nc(CCC(=O)O)c(=O)nc23)cc1. The minimum absolute atomic E-state index is 0.0195. The molecular formula is C21H18N4O5. The van der Waals surface area contributed by atoms with Gasteiger partial charge in [0.25, 0.3) is 5.56 Å². The summed E-state index contributed by atoms with van der Waals surface area (Å²) in [6, 6.07) is 14.0. The van der Waals surface area contributed by atoms with Crippen LogP contribution in [0.15, 0.2) is 53.3 Å². The van der Waals surface area contributed by atoms with Crippen LogP contribution < -0.4 is 10.3 Å². The van der Waals surface area contributed by atoms with Crippen molar-refractivity contribution in [3.05, 3.63) is 70.1 Å². The quantitative estimate of drug-likeness (QED) is 0.466. The molecule has 4 aromatic rings. The lowest BCUT2D eigenvalue weighted by molar-refractivity contribution is -0.136. The van der Waals surface area contributed by atoms with Gasteiger partial charge < -0.3 is 14.4 Å². The number of carboxylic acid groups (broad SMARTS) is 1. The zero-order chi connectivity index (χ0) is 21.3. The molecule has 0 aliphatic rings. The number of imidazole rings is 1. The molecule has 0 fully saturated rings. The van der Waals surface area contributed by atoms with Crippen LogP contribution in [0.5, 0.6) is 5.75 Å². The number of methoxy groups -OCH3 is 1. The van der Waals surface area contributed by atoms with Gasteiger partial charge in [0.1, 0.15) is 11.4 Å². The molecule has 0 amide bonds. The van der Waals surface area contributed by atoms with Crippen molar-refractivity contribution in [3.63, 3.8) is 0 Å². The van der Waals surface area contributed by atoms with E-state index in [-0.39, 0.29) is 36.6 Å². The second kappa shape index (κ2) is 7.78. The Labute approximate surface area is 170 Å². The van der Waals surface area contributed by atoms with Gasteiger partial charge in [0.05, 0.1) is 31.1 Å². The molecule has 0 saturated heterocycles. The van der Waals surface area contributed by atoms with Gasteiger partial charge in [-0.25, -0.2) is 0 Å².